The third-order valence-electron chi connectivity index (χ3n) is 9.25. The molecule has 9 nitrogen and oxygen atoms in total. The zero-order valence-corrected chi connectivity index (χ0v) is 24.9. The van der Waals surface area contributed by atoms with Crippen LogP contribution in [0, 0.1) is 22.7 Å². The second-order valence-corrected chi connectivity index (χ2v) is 13.3. The van der Waals surface area contributed by atoms with Gasteiger partial charge in [0.1, 0.15) is 6.04 Å². The van der Waals surface area contributed by atoms with Crippen LogP contribution in [0.1, 0.15) is 57.8 Å². The van der Waals surface area contributed by atoms with Crippen LogP contribution in [0.5, 0.6) is 0 Å². The van der Waals surface area contributed by atoms with Gasteiger partial charge in [-0.1, -0.05) is 64.5 Å². The van der Waals surface area contributed by atoms with E-state index in [1.165, 1.54) is 29.0 Å². The van der Waals surface area contributed by atoms with Crippen molar-refractivity contribution in [3.63, 3.8) is 0 Å². The van der Waals surface area contributed by atoms with Gasteiger partial charge in [-0.2, -0.15) is 0 Å². The number of carbonyl (C=O) groups excluding carboxylic acids is 3. The van der Waals surface area contributed by atoms with E-state index >= 15 is 0 Å². The largest absolute Gasteiger partial charge is 0.478 e. The van der Waals surface area contributed by atoms with Crippen molar-refractivity contribution in [2.75, 3.05) is 34.8 Å². The monoisotopic (exact) mass is 572 g/mol. The SMILES string of the molecule is CC(C)(C)C(=O)CN1C(=O)[C@H](NC(=O)Nc2cccc(C(=O)O)c2)CN(CC2=CCC3C[C@H]2C3(C)C)c2ccccc21. The fourth-order valence-electron chi connectivity index (χ4n) is 6.40. The molecule has 222 valence electrons. The lowest BCUT2D eigenvalue weighted by Gasteiger charge is -2.57. The van der Waals surface area contributed by atoms with Gasteiger partial charge in [-0.25, -0.2) is 9.59 Å². The molecule has 0 spiro atoms. The number of carboxylic acid groups (broad SMARTS) is 1. The van der Waals surface area contributed by atoms with E-state index in [2.05, 4.69) is 35.5 Å². The standard InChI is InChI=1S/C33H40N4O5/c1-32(2,3)28(38)19-37-27-12-7-6-11-26(27)36(17-21-13-14-22-16-24(21)33(22,4)5)18-25(29(37)39)35-31(42)34-23-10-8-9-20(15-23)30(40)41/h6-13,15,22,24-25H,14,16-19H2,1-5H3,(H,40,41)(H2,34,35,42)/t22?,24-,25-/m1/s1. The number of carboxylic acids is 1. The van der Waals surface area contributed by atoms with E-state index in [1.807, 2.05) is 45.0 Å². The van der Waals surface area contributed by atoms with Crippen LogP contribution in [-0.4, -0.2) is 54.5 Å². The fraction of sp³-hybridized carbons (Fsp3) is 0.455. The number of urea groups is 1. The first-order valence-electron chi connectivity index (χ1n) is 14.5. The molecular formula is C33H40N4O5. The molecule has 3 atom stereocenters. The Morgan fingerprint density at radius 3 is 2.40 bits per heavy atom. The number of hydrogen-bond donors (Lipinski definition) is 3. The molecule has 42 heavy (non-hydrogen) atoms. The molecule has 2 aromatic carbocycles. The number of anilines is 3. The number of allylic oxidation sites excluding steroid dienone is 1. The molecule has 1 aliphatic heterocycles. The van der Waals surface area contributed by atoms with Crippen LogP contribution in [0.15, 0.2) is 60.2 Å². The summed E-state index contributed by atoms with van der Waals surface area (Å²) >= 11 is 0. The Bertz CT molecular complexity index is 1460. The molecule has 0 radical (unpaired) electrons. The molecule has 9 heteroatoms. The van der Waals surface area contributed by atoms with Gasteiger partial charge >= 0.3 is 12.0 Å². The van der Waals surface area contributed by atoms with Crippen LogP contribution in [0.3, 0.4) is 0 Å². The average molecular weight is 573 g/mol. The molecule has 1 heterocycles. The van der Waals surface area contributed by atoms with E-state index in [1.54, 1.807) is 12.1 Å². The van der Waals surface area contributed by atoms with Crippen LogP contribution in [-0.2, 0) is 9.59 Å². The second-order valence-electron chi connectivity index (χ2n) is 13.3. The molecule has 0 saturated heterocycles. The number of benzene rings is 2. The minimum absolute atomic E-state index is 0.0359. The van der Waals surface area contributed by atoms with Crippen molar-refractivity contribution in [3.05, 3.63) is 65.7 Å². The number of ketones is 1. The summed E-state index contributed by atoms with van der Waals surface area (Å²) in [5.41, 5.74) is 2.73. The van der Waals surface area contributed by atoms with E-state index < -0.39 is 23.5 Å². The van der Waals surface area contributed by atoms with Crippen molar-refractivity contribution in [1.29, 1.82) is 0 Å². The van der Waals surface area contributed by atoms with Crippen molar-refractivity contribution in [2.45, 2.75) is 53.5 Å². The molecule has 1 saturated carbocycles. The summed E-state index contributed by atoms with van der Waals surface area (Å²) in [6, 6.07) is 11.9. The number of Topliss-reactive ketones (excluding diaryl/α,β-unsaturated/α-hetero) is 1. The normalized spacial score (nSPS) is 22.7. The first-order chi connectivity index (χ1) is 19.8. The number of amides is 3. The number of nitrogens with one attached hydrogen (secondary N) is 2. The lowest BCUT2D eigenvalue weighted by atomic mass is 9.49. The van der Waals surface area contributed by atoms with E-state index in [0.717, 1.165) is 12.1 Å². The lowest BCUT2D eigenvalue weighted by molar-refractivity contribution is -0.127. The molecule has 1 fully saturated rings. The van der Waals surface area contributed by atoms with Crippen molar-refractivity contribution in [2.24, 2.45) is 22.7 Å². The molecular weight excluding hydrogens is 532 g/mol. The van der Waals surface area contributed by atoms with E-state index in [-0.39, 0.29) is 35.8 Å². The van der Waals surface area contributed by atoms with E-state index in [9.17, 15) is 24.3 Å². The fourth-order valence-corrected chi connectivity index (χ4v) is 6.40. The van der Waals surface area contributed by atoms with Crippen molar-refractivity contribution in [3.8, 4) is 0 Å². The highest BCUT2D eigenvalue weighted by Gasteiger charge is 2.51. The van der Waals surface area contributed by atoms with Crippen LogP contribution in [0.2, 0.25) is 0 Å². The molecule has 3 amide bonds. The topological polar surface area (TPSA) is 119 Å². The molecule has 3 N–H and O–H groups in total. The van der Waals surface area contributed by atoms with E-state index in [0.29, 0.717) is 29.8 Å². The molecule has 3 aliphatic carbocycles. The maximum absolute atomic E-state index is 14.1. The van der Waals surface area contributed by atoms with Gasteiger partial charge < -0.3 is 25.5 Å². The Labute approximate surface area is 247 Å². The Balaban J connectivity index is 1.46. The molecule has 6 rings (SSSR count). The second kappa shape index (κ2) is 10.9. The maximum Gasteiger partial charge on any atom is 0.335 e. The zero-order chi connectivity index (χ0) is 30.4. The van der Waals surface area contributed by atoms with Gasteiger partial charge in [-0.15, -0.1) is 0 Å². The third-order valence-corrected chi connectivity index (χ3v) is 9.25. The maximum atomic E-state index is 14.1. The van der Waals surface area contributed by atoms with Crippen LogP contribution < -0.4 is 20.4 Å². The zero-order valence-electron chi connectivity index (χ0n) is 24.9. The number of fused-ring (bicyclic) bond motifs is 2. The van der Waals surface area contributed by atoms with Crippen LogP contribution in [0.4, 0.5) is 21.9 Å². The third kappa shape index (κ3) is 5.65. The van der Waals surface area contributed by atoms with Crippen molar-refractivity contribution in [1.82, 2.24) is 5.32 Å². The van der Waals surface area contributed by atoms with E-state index in [4.69, 9.17) is 0 Å². The number of carbonyl (C=O) groups is 4. The number of aromatic carboxylic acids is 1. The molecule has 2 bridgehead atoms. The van der Waals surface area contributed by atoms with Crippen LogP contribution in [0.25, 0.3) is 0 Å². The lowest BCUT2D eigenvalue weighted by Crippen LogP contribution is -2.55. The smallest absolute Gasteiger partial charge is 0.335 e. The minimum Gasteiger partial charge on any atom is -0.478 e. The highest BCUT2D eigenvalue weighted by atomic mass is 16.4. The molecule has 1 unspecified atom stereocenters. The van der Waals surface area contributed by atoms with Crippen LogP contribution >= 0.6 is 0 Å². The first-order valence-corrected chi connectivity index (χ1v) is 14.5. The average Bonchev–Trinajstić information content (AvgIpc) is 3.03. The van der Waals surface area contributed by atoms with Gasteiger partial charge in [0.15, 0.2) is 5.78 Å². The van der Waals surface area contributed by atoms with Gasteiger partial charge in [-0.05, 0) is 60.4 Å². The van der Waals surface area contributed by atoms with Gasteiger partial charge in [-0.3, -0.25) is 9.59 Å². The summed E-state index contributed by atoms with van der Waals surface area (Å²) in [5, 5.41) is 14.8. The van der Waals surface area contributed by atoms with Gasteiger partial charge in [0.2, 0.25) is 0 Å². The Kier molecular flexibility index (Phi) is 7.64. The van der Waals surface area contributed by atoms with Gasteiger partial charge in [0, 0.05) is 24.2 Å². The van der Waals surface area contributed by atoms with Gasteiger partial charge in [0.05, 0.1) is 23.5 Å². The number of hydrogen-bond acceptors (Lipinski definition) is 5. The number of para-hydroxylation sites is 2. The van der Waals surface area contributed by atoms with Crippen molar-refractivity contribution >= 4 is 40.8 Å². The molecule has 4 aliphatic rings. The molecule has 0 aromatic heterocycles. The number of nitrogens with zero attached hydrogens (tertiary/aromatic N) is 2. The summed E-state index contributed by atoms with van der Waals surface area (Å²) in [7, 11) is 0. The predicted octanol–water partition coefficient (Wildman–Crippen LogP) is 5.34. The Morgan fingerprint density at radius 1 is 1.05 bits per heavy atom. The molecule has 2 aromatic rings. The first kappa shape index (κ1) is 29.4. The summed E-state index contributed by atoms with van der Waals surface area (Å²) in [5.74, 6) is -0.412. The minimum atomic E-state index is -1.11. The number of rotatable bonds is 7. The Hall–Kier alpha value is -4.14. The summed E-state index contributed by atoms with van der Waals surface area (Å²) in [6.07, 6.45) is 4.54. The Morgan fingerprint density at radius 2 is 1.76 bits per heavy atom. The summed E-state index contributed by atoms with van der Waals surface area (Å²) in [4.78, 5) is 55.6. The summed E-state index contributed by atoms with van der Waals surface area (Å²) in [6.45, 7) is 10.8. The highest BCUT2D eigenvalue weighted by molar-refractivity contribution is 6.08. The quantitative estimate of drug-likeness (QED) is 0.386. The highest BCUT2D eigenvalue weighted by Crippen LogP contribution is 2.59. The van der Waals surface area contributed by atoms with Gasteiger partial charge in [0.25, 0.3) is 5.91 Å². The summed E-state index contributed by atoms with van der Waals surface area (Å²) < 4.78 is 0. The predicted molar refractivity (Wildman–Crippen MR) is 163 cm³/mol. The van der Waals surface area contributed by atoms with Crippen molar-refractivity contribution < 1.29 is 24.3 Å².